The van der Waals surface area contributed by atoms with E-state index in [4.69, 9.17) is 5.73 Å². The lowest BCUT2D eigenvalue weighted by atomic mass is 10.2. The van der Waals surface area contributed by atoms with Gasteiger partial charge in [-0.15, -0.1) is 5.10 Å². The molecule has 0 saturated carbocycles. The van der Waals surface area contributed by atoms with Crippen LogP contribution in [0.4, 0.5) is 4.39 Å². The van der Waals surface area contributed by atoms with Gasteiger partial charge in [-0.2, -0.15) is 0 Å². The molecule has 0 aliphatic rings. The maximum atomic E-state index is 13.0. The van der Waals surface area contributed by atoms with Gasteiger partial charge in [0.2, 0.25) is 5.91 Å². The third-order valence-corrected chi connectivity index (χ3v) is 3.32. The minimum atomic E-state index is -0.301. The number of rotatable bonds is 5. The summed E-state index contributed by atoms with van der Waals surface area (Å²) in [6.07, 6.45) is 1.71. The third kappa shape index (κ3) is 3.84. The Bertz CT molecular complexity index is 616. The maximum absolute atomic E-state index is 13.0. The van der Waals surface area contributed by atoms with E-state index in [9.17, 15) is 9.18 Å². The molecule has 0 saturated heterocycles. The molecule has 3 N–H and O–H groups in total. The molecule has 2 rings (SSSR count). The fourth-order valence-electron chi connectivity index (χ4n) is 1.58. The summed E-state index contributed by atoms with van der Waals surface area (Å²) in [5.41, 5.74) is 6.70. The molecule has 0 radical (unpaired) electrons. The van der Waals surface area contributed by atoms with Gasteiger partial charge in [-0.3, -0.25) is 4.79 Å². The molecule has 0 bridgehead atoms. The molecule has 0 aliphatic heterocycles. The molecule has 6 nitrogen and oxygen atoms in total. The van der Waals surface area contributed by atoms with Crippen LogP contribution in [0, 0.1) is 5.82 Å². The minimum absolute atomic E-state index is 0.0589. The van der Waals surface area contributed by atoms with Crippen molar-refractivity contribution < 1.29 is 9.18 Å². The standard InChI is InChI=1S/C12H13BrFN5O/c13-11-3-9(14)2-1-8(11)6-19-7-10(17-18-19)5-16-12(20)4-15/h1-3,7H,4-6,15H2,(H,16,20). The quantitative estimate of drug-likeness (QED) is 0.842. The number of carbonyl (C=O) groups excluding carboxylic acids is 1. The lowest BCUT2D eigenvalue weighted by Crippen LogP contribution is -2.29. The fourth-order valence-corrected chi connectivity index (χ4v) is 2.06. The number of halogens is 2. The summed E-state index contributed by atoms with van der Waals surface area (Å²) in [4.78, 5) is 11.0. The van der Waals surface area contributed by atoms with Crippen molar-refractivity contribution in [1.82, 2.24) is 20.3 Å². The maximum Gasteiger partial charge on any atom is 0.234 e. The summed E-state index contributed by atoms with van der Waals surface area (Å²) in [6, 6.07) is 4.46. The molecule has 0 aliphatic carbocycles. The largest absolute Gasteiger partial charge is 0.349 e. The molecular formula is C12H13BrFN5O. The second kappa shape index (κ2) is 6.58. The van der Waals surface area contributed by atoms with E-state index in [0.29, 0.717) is 16.7 Å². The summed E-state index contributed by atoms with van der Waals surface area (Å²) < 4.78 is 15.3. The van der Waals surface area contributed by atoms with Gasteiger partial charge in [-0.05, 0) is 17.7 Å². The van der Waals surface area contributed by atoms with E-state index in [0.717, 1.165) is 5.56 Å². The fraction of sp³-hybridized carbons (Fsp3) is 0.250. The summed E-state index contributed by atoms with van der Waals surface area (Å²) in [7, 11) is 0. The van der Waals surface area contributed by atoms with Crippen LogP contribution in [-0.2, 0) is 17.9 Å². The molecule has 8 heteroatoms. The summed E-state index contributed by atoms with van der Waals surface area (Å²) >= 11 is 3.30. The number of nitrogens with zero attached hydrogens (tertiary/aromatic N) is 3. The second-order valence-corrected chi connectivity index (χ2v) is 4.98. The SMILES string of the molecule is NCC(=O)NCc1cn(Cc2ccc(F)cc2Br)nn1. The smallest absolute Gasteiger partial charge is 0.234 e. The number of hydrogen-bond donors (Lipinski definition) is 2. The molecule has 1 heterocycles. The molecule has 0 atom stereocenters. The van der Waals surface area contributed by atoms with Crippen molar-refractivity contribution in [3.05, 3.63) is 45.9 Å². The molecule has 2 aromatic rings. The Kier molecular flexibility index (Phi) is 4.80. The first-order chi connectivity index (χ1) is 9.58. The predicted molar refractivity (Wildman–Crippen MR) is 74.1 cm³/mol. The lowest BCUT2D eigenvalue weighted by Gasteiger charge is -2.04. The Morgan fingerprint density at radius 2 is 2.30 bits per heavy atom. The van der Waals surface area contributed by atoms with Gasteiger partial charge in [0.25, 0.3) is 0 Å². The van der Waals surface area contributed by atoms with Crippen molar-refractivity contribution in [2.24, 2.45) is 5.73 Å². The first-order valence-corrected chi connectivity index (χ1v) is 6.67. The van der Waals surface area contributed by atoms with Crippen LogP contribution in [0.5, 0.6) is 0 Å². The Hall–Kier alpha value is -1.80. The Morgan fingerprint density at radius 1 is 1.50 bits per heavy atom. The van der Waals surface area contributed by atoms with Crippen molar-refractivity contribution in [2.45, 2.75) is 13.1 Å². The van der Waals surface area contributed by atoms with Crippen LogP contribution in [0.25, 0.3) is 0 Å². The van der Waals surface area contributed by atoms with Gasteiger partial charge in [-0.1, -0.05) is 27.2 Å². The molecular weight excluding hydrogens is 329 g/mol. The molecule has 1 aromatic carbocycles. The highest BCUT2D eigenvalue weighted by Crippen LogP contribution is 2.18. The van der Waals surface area contributed by atoms with Gasteiger partial charge in [0.15, 0.2) is 0 Å². The Labute approximate surface area is 123 Å². The summed E-state index contributed by atoms with van der Waals surface area (Å²) in [5, 5.41) is 10.5. The highest BCUT2D eigenvalue weighted by Gasteiger charge is 2.06. The molecule has 0 spiro atoms. The van der Waals surface area contributed by atoms with E-state index in [-0.39, 0.29) is 24.8 Å². The summed E-state index contributed by atoms with van der Waals surface area (Å²) in [6.45, 7) is 0.677. The van der Waals surface area contributed by atoms with Gasteiger partial charge in [0.1, 0.15) is 11.5 Å². The molecule has 0 unspecified atom stereocenters. The van der Waals surface area contributed by atoms with Gasteiger partial charge >= 0.3 is 0 Å². The average Bonchev–Trinajstić information content (AvgIpc) is 2.87. The van der Waals surface area contributed by atoms with Crippen LogP contribution in [0.3, 0.4) is 0 Å². The first-order valence-electron chi connectivity index (χ1n) is 5.88. The van der Waals surface area contributed by atoms with Crippen molar-refractivity contribution >= 4 is 21.8 Å². The van der Waals surface area contributed by atoms with Crippen molar-refractivity contribution in [3.63, 3.8) is 0 Å². The summed E-state index contributed by atoms with van der Waals surface area (Å²) in [5.74, 6) is -0.551. The highest BCUT2D eigenvalue weighted by molar-refractivity contribution is 9.10. The number of carbonyl (C=O) groups is 1. The number of benzene rings is 1. The topological polar surface area (TPSA) is 85.8 Å². The van der Waals surface area contributed by atoms with Crippen LogP contribution < -0.4 is 11.1 Å². The molecule has 106 valence electrons. The van der Waals surface area contributed by atoms with E-state index < -0.39 is 0 Å². The van der Waals surface area contributed by atoms with Gasteiger partial charge in [0.05, 0.1) is 25.8 Å². The zero-order valence-electron chi connectivity index (χ0n) is 10.5. The van der Waals surface area contributed by atoms with Crippen LogP contribution in [0.2, 0.25) is 0 Å². The van der Waals surface area contributed by atoms with Crippen molar-refractivity contribution in [3.8, 4) is 0 Å². The Morgan fingerprint density at radius 3 is 3.00 bits per heavy atom. The minimum Gasteiger partial charge on any atom is -0.349 e. The van der Waals surface area contributed by atoms with Gasteiger partial charge in [-0.25, -0.2) is 9.07 Å². The van der Waals surface area contributed by atoms with Gasteiger partial charge < -0.3 is 11.1 Å². The number of hydrogen-bond acceptors (Lipinski definition) is 4. The lowest BCUT2D eigenvalue weighted by molar-refractivity contribution is -0.119. The van der Waals surface area contributed by atoms with Crippen LogP contribution in [0.15, 0.2) is 28.9 Å². The zero-order valence-corrected chi connectivity index (χ0v) is 12.1. The van der Waals surface area contributed by atoms with E-state index in [1.807, 2.05) is 0 Å². The van der Waals surface area contributed by atoms with Crippen LogP contribution in [-0.4, -0.2) is 27.4 Å². The van der Waals surface area contributed by atoms with Crippen LogP contribution in [0.1, 0.15) is 11.3 Å². The van der Waals surface area contributed by atoms with E-state index in [1.54, 1.807) is 16.9 Å². The Balaban J connectivity index is 2.00. The van der Waals surface area contributed by atoms with Crippen molar-refractivity contribution in [2.75, 3.05) is 6.54 Å². The molecule has 20 heavy (non-hydrogen) atoms. The second-order valence-electron chi connectivity index (χ2n) is 4.12. The van der Waals surface area contributed by atoms with E-state index in [2.05, 4.69) is 31.6 Å². The van der Waals surface area contributed by atoms with E-state index in [1.165, 1.54) is 12.1 Å². The normalized spacial score (nSPS) is 10.6. The first kappa shape index (κ1) is 14.6. The predicted octanol–water partition coefficient (Wildman–Crippen LogP) is 0.803. The third-order valence-electron chi connectivity index (χ3n) is 2.59. The van der Waals surface area contributed by atoms with Crippen LogP contribution >= 0.6 is 15.9 Å². The number of amides is 1. The highest BCUT2D eigenvalue weighted by atomic mass is 79.9. The molecule has 1 amide bonds. The van der Waals surface area contributed by atoms with Crippen molar-refractivity contribution in [1.29, 1.82) is 0 Å². The zero-order chi connectivity index (χ0) is 14.5. The number of nitrogens with two attached hydrogens (primary N) is 1. The molecule has 1 aromatic heterocycles. The average molecular weight is 342 g/mol. The number of nitrogens with one attached hydrogen (secondary N) is 1. The van der Waals surface area contributed by atoms with E-state index >= 15 is 0 Å². The number of aromatic nitrogens is 3. The van der Waals surface area contributed by atoms with Gasteiger partial charge in [0, 0.05) is 4.47 Å². The molecule has 0 fully saturated rings. The monoisotopic (exact) mass is 341 g/mol.